The van der Waals surface area contributed by atoms with Crippen molar-refractivity contribution in [3.8, 4) is 0 Å². The van der Waals surface area contributed by atoms with Crippen molar-refractivity contribution >= 4 is 11.6 Å². The molecule has 1 aromatic rings. The summed E-state index contributed by atoms with van der Waals surface area (Å²) in [6.07, 6.45) is 2.93. The Bertz CT molecular complexity index is 391. The molecule has 1 atom stereocenters. The first-order chi connectivity index (χ1) is 9.28. The smallest absolute Gasteiger partial charge is 0.134 e. The van der Waals surface area contributed by atoms with Gasteiger partial charge in [0.1, 0.15) is 18.0 Å². The van der Waals surface area contributed by atoms with E-state index in [-0.39, 0.29) is 0 Å². The van der Waals surface area contributed by atoms with Crippen LogP contribution in [0.25, 0.3) is 0 Å². The standard InChI is InChI=1S/C14H25N5/c1-4-18(5-2)13-8-14(17-11-16-13)19-7-6-12(10-19)9-15-3/h8,11-12,15H,4-7,9-10H2,1-3H3. The molecule has 0 aliphatic carbocycles. The first-order valence-corrected chi connectivity index (χ1v) is 7.25. The van der Waals surface area contributed by atoms with Crippen molar-refractivity contribution in [1.82, 2.24) is 15.3 Å². The molecule has 0 radical (unpaired) electrons. The molecule has 1 aliphatic heterocycles. The van der Waals surface area contributed by atoms with E-state index in [1.807, 2.05) is 7.05 Å². The predicted octanol–water partition coefficient (Wildman–Crippen LogP) is 1.37. The van der Waals surface area contributed by atoms with E-state index in [1.54, 1.807) is 6.33 Å². The highest BCUT2D eigenvalue weighted by atomic mass is 15.2. The SMILES string of the molecule is CCN(CC)c1cc(N2CCC(CNC)C2)ncn1. The van der Waals surface area contributed by atoms with Gasteiger partial charge < -0.3 is 15.1 Å². The molecule has 1 aromatic heterocycles. The highest BCUT2D eigenvalue weighted by Crippen LogP contribution is 2.23. The van der Waals surface area contributed by atoms with E-state index in [0.717, 1.165) is 50.3 Å². The lowest BCUT2D eigenvalue weighted by Crippen LogP contribution is -2.26. The summed E-state index contributed by atoms with van der Waals surface area (Å²) in [7, 11) is 2.02. The van der Waals surface area contributed by atoms with E-state index in [2.05, 4.69) is 45.0 Å². The molecule has 1 N–H and O–H groups in total. The van der Waals surface area contributed by atoms with Gasteiger partial charge in [-0.15, -0.1) is 0 Å². The van der Waals surface area contributed by atoms with Gasteiger partial charge in [0.25, 0.3) is 0 Å². The Balaban J connectivity index is 2.07. The van der Waals surface area contributed by atoms with Gasteiger partial charge in [-0.3, -0.25) is 0 Å². The Morgan fingerprint density at radius 3 is 2.84 bits per heavy atom. The number of aromatic nitrogens is 2. The van der Waals surface area contributed by atoms with Crippen LogP contribution in [0, 0.1) is 5.92 Å². The van der Waals surface area contributed by atoms with Gasteiger partial charge in [-0.25, -0.2) is 9.97 Å². The van der Waals surface area contributed by atoms with Crippen LogP contribution >= 0.6 is 0 Å². The lowest BCUT2D eigenvalue weighted by atomic mass is 10.1. The van der Waals surface area contributed by atoms with Gasteiger partial charge in [-0.1, -0.05) is 0 Å². The summed E-state index contributed by atoms with van der Waals surface area (Å²) in [6.45, 7) is 9.56. The lowest BCUT2D eigenvalue weighted by Gasteiger charge is -2.22. The van der Waals surface area contributed by atoms with Crippen LogP contribution in [-0.4, -0.2) is 49.7 Å². The van der Waals surface area contributed by atoms with Gasteiger partial charge in [-0.2, -0.15) is 0 Å². The molecule has 0 saturated carbocycles. The first-order valence-electron chi connectivity index (χ1n) is 7.25. The second-order valence-corrected chi connectivity index (χ2v) is 5.07. The molecule has 1 saturated heterocycles. The zero-order valence-corrected chi connectivity index (χ0v) is 12.3. The second kappa shape index (κ2) is 6.70. The zero-order chi connectivity index (χ0) is 13.7. The Morgan fingerprint density at radius 2 is 2.16 bits per heavy atom. The summed E-state index contributed by atoms with van der Waals surface area (Å²) < 4.78 is 0. The first kappa shape index (κ1) is 14.1. The van der Waals surface area contributed by atoms with Crippen molar-refractivity contribution in [2.24, 2.45) is 5.92 Å². The molecule has 1 unspecified atom stereocenters. The third kappa shape index (κ3) is 3.35. The molecule has 2 heterocycles. The minimum absolute atomic E-state index is 0.733. The Labute approximate surface area is 116 Å². The maximum absolute atomic E-state index is 4.43. The van der Waals surface area contributed by atoms with E-state index < -0.39 is 0 Å². The van der Waals surface area contributed by atoms with Gasteiger partial charge in [-0.05, 0) is 39.8 Å². The molecule has 0 bridgehead atoms. The molecule has 0 aromatic carbocycles. The number of anilines is 2. The van der Waals surface area contributed by atoms with Crippen LogP contribution in [0.15, 0.2) is 12.4 Å². The molecular weight excluding hydrogens is 238 g/mol. The normalized spacial score (nSPS) is 18.9. The highest BCUT2D eigenvalue weighted by molar-refractivity contribution is 5.50. The van der Waals surface area contributed by atoms with Crippen molar-refractivity contribution in [2.45, 2.75) is 20.3 Å². The van der Waals surface area contributed by atoms with Crippen LogP contribution in [0.5, 0.6) is 0 Å². The molecule has 0 amide bonds. The summed E-state index contributed by atoms with van der Waals surface area (Å²) in [4.78, 5) is 13.4. The Kier molecular flexibility index (Phi) is 4.96. The minimum Gasteiger partial charge on any atom is -0.357 e. The maximum Gasteiger partial charge on any atom is 0.134 e. The summed E-state index contributed by atoms with van der Waals surface area (Å²) in [5, 5.41) is 3.26. The van der Waals surface area contributed by atoms with Crippen LogP contribution < -0.4 is 15.1 Å². The largest absolute Gasteiger partial charge is 0.357 e. The van der Waals surface area contributed by atoms with E-state index in [4.69, 9.17) is 0 Å². The van der Waals surface area contributed by atoms with Crippen LogP contribution in [0.1, 0.15) is 20.3 Å². The summed E-state index contributed by atoms with van der Waals surface area (Å²) in [5.41, 5.74) is 0. The fraction of sp³-hybridized carbons (Fsp3) is 0.714. The zero-order valence-electron chi connectivity index (χ0n) is 12.3. The quantitative estimate of drug-likeness (QED) is 0.840. The fourth-order valence-electron chi connectivity index (χ4n) is 2.73. The molecule has 1 aliphatic rings. The number of nitrogens with zero attached hydrogens (tertiary/aromatic N) is 4. The predicted molar refractivity (Wildman–Crippen MR) is 79.8 cm³/mol. The van der Waals surface area contributed by atoms with Crippen molar-refractivity contribution in [3.05, 3.63) is 12.4 Å². The van der Waals surface area contributed by atoms with Crippen LogP contribution in [0.2, 0.25) is 0 Å². The van der Waals surface area contributed by atoms with Gasteiger partial charge in [0.2, 0.25) is 0 Å². The minimum atomic E-state index is 0.733. The Morgan fingerprint density at radius 1 is 1.37 bits per heavy atom. The van der Waals surface area contributed by atoms with E-state index in [0.29, 0.717) is 0 Å². The average Bonchev–Trinajstić information content (AvgIpc) is 2.90. The van der Waals surface area contributed by atoms with Crippen molar-refractivity contribution in [1.29, 1.82) is 0 Å². The number of hydrogen-bond donors (Lipinski definition) is 1. The average molecular weight is 263 g/mol. The molecule has 106 valence electrons. The number of rotatable bonds is 6. The topological polar surface area (TPSA) is 44.3 Å². The number of nitrogens with one attached hydrogen (secondary N) is 1. The summed E-state index contributed by atoms with van der Waals surface area (Å²) in [5.74, 6) is 2.83. The molecular formula is C14H25N5. The van der Waals surface area contributed by atoms with Gasteiger partial charge in [0, 0.05) is 32.2 Å². The summed E-state index contributed by atoms with van der Waals surface area (Å²) >= 11 is 0. The molecule has 1 fully saturated rings. The molecule has 19 heavy (non-hydrogen) atoms. The highest BCUT2D eigenvalue weighted by Gasteiger charge is 2.23. The van der Waals surface area contributed by atoms with Gasteiger partial charge >= 0.3 is 0 Å². The van der Waals surface area contributed by atoms with Crippen molar-refractivity contribution < 1.29 is 0 Å². The molecule has 2 rings (SSSR count). The van der Waals surface area contributed by atoms with Gasteiger partial charge in [0.05, 0.1) is 0 Å². The fourth-order valence-corrected chi connectivity index (χ4v) is 2.73. The summed E-state index contributed by atoms with van der Waals surface area (Å²) in [6, 6.07) is 2.12. The van der Waals surface area contributed by atoms with E-state index in [1.165, 1.54) is 6.42 Å². The maximum atomic E-state index is 4.43. The van der Waals surface area contributed by atoms with E-state index in [9.17, 15) is 0 Å². The molecule has 0 spiro atoms. The molecule has 5 heteroatoms. The number of hydrogen-bond acceptors (Lipinski definition) is 5. The third-order valence-electron chi connectivity index (χ3n) is 3.83. The van der Waals surface area contributed by atoms with Crippen molar-refractivity contribution in [2.75, 3.05) is 49.6 Å². The lowest BCUT2D eigenvalue weighted by molar-refractivity contribution is 0.549. The van der Waals surface area contributed by atoms with E-state index >= 15 is 0 Å². The Hall–Kier alpha value is -1.36. The van der Waals surface area contributed by atoms with Crippen LogP contribution in [0.4, 0.5) is 11.6 Å². The van der Waals surface area contributed by atoms with Crippen molar-refractivity contribution in [3.63, 3.8) is 0 Å². The van der Waals surface area contributed by atoms with Crippen LogP contribution in [0.3, 0.4) is 0 Å². The third-order valence-corrected chi connectivity index (χ3v) is 3.83. The van der Waals surface area contributed by atoms with Gasteiger partial charge in [0.15, 0.2) is 0 Å². The monoisotopic (exact) mass is 263 g/mol. The second-order valence-electron chi connectivity index (χ2n) is 5.07. The van der Waals surface area contributed by atoms with Crippen LogP contribution in [-0.2, 0) is 0 Å². The molecule has 5 nitrogen and oxygen atoms in total.